The molecule has 0 saturated carbocycles. The van der Waals surface area contributed by atoms with Crippen LogP contribution in [0, 0.1) is 18.8 Å². The van der Waals surface area contributed by atoms with Crippen molar-refractivity contribution in [2.24, 2.45) is 11.8 Å². The Labute approximate surface area is 130 Å². The summed E-state index contributed by atoms with van der Waals surface area (Å²) in [6.07, 6.45) is 3.39. The summed E-state index contributed by atoms with van der Waals surface area (Å²) in [5, 5.41) is 8.15. The van der Waals surface area contributed by atoms with Gasteiger partial charge in [-0.15, -0.1) is 0 Å². The molecule has 0 spiro atoms. The van der Waals surface area contributed by atoms with Crippen LogP contribution in [0.15, 0.2) is 30.7 Å². The molecule has 2 fully saturated rings. The van der Waals surface area contributed by atoms with Crippen LogP contribution in [0.1, 0.15) is 11.4 Å². The Hall–Kier alpha value is -2.08. The van der Waals surface area contributed by atoms with Crippen LogP contribution in [0.5, 0.6) is 0 Å². The number of fused-ring (bicyclic) bond motifs is 1. The average molecular weight is 296 g/mol. The van der Waals surface area contributed by atoms with Crippen LogP contribution in [-0.4, -0.2) is 51.2 Å². The van der Waals surface area contributed by atoms with Crippen molar-refractivity contribution in [2.45, 2.75) is 13.5 Å². The van der Waals surface area contributed by atoms with Crippen LogP contribution < -0.4 is 4.90 Å². The van der Waals surface area contributed by atoms with Crippen molar-refractivity contribution in [1.82, 2.24) is 25.1 Å². The van der Waals surface area contributed by atoms with E-state index in [0.717, 1.165) is 61.8 Å². The summed E-state index contributed by atoms with van der Waals surface area (Å²) in [6, 6.07) is 6.09. The lowest BCUT2D eigenvalue weighted by molar-refractivity contribution is 0.304. The second-order valence-electron chi connectivity index (χ2n) is 6.35. The van der Waals surface area contributed by atoms with Gasteiger partial charge in [0.1, 0.15) is 12.1 Å². The molecule has 4 rings (SSSR count). The van der Waals surface area contributed by atoms with Crippen molar-refractivity contribution in [2.75, 3.05) is 31.1 Å². The molecule has 2 aliphatic heterocycles. The van der Waals surface area contributed by atoms with E-state index in [1.165, 1.54) is 0 Å². The van der Waals surface area contributed by atoms with Crippen molar-refractivity contribution in [3.8, 4) is 0 Å². The van der Waals surface area contributed by atoms with Gasteiger partial charge in [-0.25, -0.2) is 9.97 Å². The molecule has 2 saturated heterocycles. The zero-order valence-corrected chi connectivity index (χ0v) is 12.8. The molecule has 6 heteroatoms. The Morgan fingerprint density at radius 2 is 1.95 bits per heavy atom. The summed E-state index contributed by atoms with van der Waals surface area (Å²) in [4.78, 5) is 13.5. The zero-order valence-electron chi connectivity index (χ0n) is 12.8. The molecule has 0 aromatic carbocycles. The smallest absolute Gasteiger partial charge is 0.132 e. The molecule has 0 bridgehead atoms. The van der Waals surface area contributed by atoms with Crippen molar-refractivity contribution < 1.29 is 0 Å². The van der Waals surface area contributed by atoms with Crippen LogP contribution in [0.3, 0.4) is 0 Å². The second-order valence-corrected chi connectivity index (χ2v) is 6.35. The molecule has 2 unspecified atom stereocenters. The Bertz CT molecular complexity index is 632. The van der Waals surface area contributed by atoms with Gasteiger partial charge in [0, 0.05) is 50.7 Å². The van der Waals surface area contributed by atoms with Gasteiger partial charge in [-0.2, -0.15) is 10.2 Å². The molecule has 2 atom stereocenters. The number of hydrogen-bond acceptors (Lipinski definition) is 6. The zero-order chi connectivity index (χ0) is 14.9. The molecule has 2 aliphatic rings. The lowest BCUT2D eigenvalue weighted by Gasteiger charge is -2.22. The van der Waals surface area contributed by atoms with E-state index >= 15 is 0 Å². The highest BCUT2D eigenvalue weighted by Gasteiger charge is 2.40. The third-order valence-corrected chi connectivity index (χ3v) is 4.69. The van der Waals surface area contributed by atoms with Crippen molar-refractivity contribution in [3.63, 3.8) is 0 Å². The maximum absolute atomic E-state index is 4.42. The Morgan fingerprint density at radius 1 is 1.14 bits per heavy atom. The van der Waals surface area contributed by atoms with E-state index in [4.69, 9.17) is 0 Å². The van der Waals surface area contributed by atoms with Gasteiger partial charge in [0.05, 0.1) is 5.69 Å². The number of hydrogen-bond donors (Lipinski definition) is 0. The van der Waals surface area contributed by atoms with Crippen LogP contribution >= 0.6 is 0 Å². The number of aryl methyl sites for hydroxylation is 1. The normalized spacial score (nSPS) is 24.7. The minimum atomic E-state index is 0.729. The number of nitrogens with zero attached hydrogens (tertiary/aromatic N) is 6. The van der Waals surface area contributed by atoms with E-state index in [1.54, 1.807) is 12.5 Å². The minimum absolute atomic E-state index is 0.729. The molecular formula is C16H20N6. The molecule has 0 amide bonds. The summed E-state index contributed by atoms with van der Waals surface area (Å²) in [6.45, 7) is 7.40. The van der Waals surface area contributed by atoms with Gasteiger partial charge >= 0.3 is 0 Å². The molecule has 22 heavy (non-hydrogen) atoms. The van der Waals surface area contributed by atoms with Gasteiger partial charge in [0.2, 0.25) is 0 Å². The number of aromatic nitrogens is 4. The highest BCUT2D eigenvalue weighted by atomic mass is 15.3. The minimum Gasteiger partial charge on any atom is -0.356 e. The number of rotatable bonds is 3. The molecule has 0 N–H and O–H groups in total. The van der Waals surface area contributed by atoms with Crippen molar-refractivity contribution in [1.29, 1.82) is 0 Å². The molecule has 0 aliphatic carbocycles. The maximum atomic E-state index is 4.42. The summed E-state index contributed by atoms with van der Waals surface area (Å²) in [7, 11) is 0. The predicted molar refractivity (Wildman–Crippen MR) is 83.3 cm³/mol. The maximum Gasteiger partial charge on any atom is 0.132 e. The van der Waals surface area contributed by atoms with E-state index in [2.05, 4.69) is 42.1 Å². The van der Waals surface area contributed by atoms with Gasteiger partial charge in [-0.3, -0.25) is 4.90 Å². The Kier molecular flexibility index (Phi) is 3.46. The molecule has 2 aromatic heterocycles. The molecule has 2 aromatic rings. The fraction of sp³-hybridized carbons (Fsp3) is 0.500. The largest absolute Gasteiger partial charge is 0.356 e. The molecule has 4 heterocycles. The van der Waals surface area contributed by atoms with Crippen LogP contribution in [0.2, 0.25) is 0 Å². The van der Waals surface area contributed by atoms with Gasteiger partial charge in [0.25, 0.3) is 0 Å². The fourth-order valence-corrected chi connectivity index (χ4v) is 3.67. The predicted octanol–water partition coefficient (Wildman–Crippen LogP) is 1.14. The van der Waals surface area contributed by atoms with E-state index in [1.807, 2.05) is 13.0 Å². The molecule has 0 radical (unpaired) electrons. The van der Waals surface area contributed by atoms with Crippen LogP contribution in [-0.2, 0) is 6.54 Å². The van der Waals surface area contributed by atoms with Crippen LogP contribution in [0.4, 0.5) is 5.82 Å². The first-order chi connectivity index (χ1) is 10.8. The lowest BCUT2D eigenvalue weighted by Crippen LogP contribution is -2.29. The summed E-state index contributed by atoms with van der Waals surface area (Å²) < 4.78 is 0. The summed E-state index contributed by atoms with van der Waals surface area (Å²) >= 11 is 0. The number of anilines is 1. The first-order valence-electron chi connectivity index (χ1n) is 7.80. The van der Waals surface area contributed by atoms with E-state index in [0.29, 0.717) is 0 Å². The van der Waals surface area contributed by atoms with Crippen LogP contribution in [0.25, 0.3) is 0 Å². The SMILES string of the molecule is Cc1cc(N2CC3CN(Cc4cccnn4)CC3C2)ncn1. The Morgan fingerprint density at radius 3 is 2.64 bits per heavy atom. The van der Waals surface area contributed by atoms with Gasteiger partial charge < -0.3 is 4.90 Å². The average Bonchev–Trinajstić information content (AvgIpc) is 3.06. The molecular weight excluding hydrogens is 276 g/mol. The van der Waals surface area contributed by atoms with Gasteiger partial charge in [0.15, 0.2) is 0 Å². The van der Waals surface area contributed by atoms with E-state index in [-0.39, 0.29) is 0 Å². The highest BCUT2D eigenvalue weighted by Crippen LogP contribution is 2.33. The van der Waals surface area contributed by atoms with Gasteiger partial charge in [-0.05, 0) is 30.9 Å². The first-order valence-corrected chi connectivity index (χ1v) is 7.80. The first kappa shape index (κ1) is 13.6. The monoisotopic (exact) mass is 296 g/mol. The summed E-state index contributed by atoms with van der Waals surface area (Å²) in [5.41, 5.74) is 2.09. The van der Waals surface area contributed by atoms with Crippen molar-refractivity contribution in [3.05, 3.63) is 42.1 Å². The Balaban J connectivity index is 1.38. The van der Waals surface area contributed by atoms with Gasteiger partial charge in [-0.1, -0.05) is 0 Å². The molecule has 114 valence electrons. The van der Waals surface area contributed by atoms with E-state index < -0.39 is 0 Å². The quantitative estimate of drug-likeness (QED) is 0.846. The van der Waals surface area contributed by atoms with Crippen molar-refractivity contribution >= 4 is 5.82 Å². The van der Waals surface area contributed by atoms with E-state index in [9.17, 15) is 0 Å². The highest BCUT2D eigenvalue weighted by molar-refractivity contribution is 5.40. The second kappa shape index (κ2) is 5.61. The molecule has 6 nitrogen and oxygen atoms in total. The number of likely N-dealkylation sites (tertiary alicyclic amines) is 1. The fourth-order valence-electron chi connectivity index (χ4n) is 3.67. The third-order valence-electron chi connectivity index (χ3n) is 4.69. The lowest BCUT2D eigenvalue weighted by atomic mass is 10.0. The third kappa shape index (κ3) is 2.66. The summed E-state index contributed by atoms with van der Waals surface area (Å²) in [5.74, 6) is 2.53. The standard InChI is InChI=1S/C16H20N6/c1-12-5-16(18-11-17-12)22-8-13-6-21(7-14(13)9-22)10-15-3-2-4-19-20-15/h2-5,11,13-14H,6-10H2,1H3. The topological polar surface area (TPSA) is 58.0 Å².